The monoisotopic (exact) mass is 302 g/mol. The fourth-order valence-electron chi connectivity index (χ4n) is 2.88. The number of nitrogens with zero attached hydrogens (tertiary/aromatic N) is 2. The summed E-state index contributed by atoms with van der Waals surface area (Å²) >= 11 is 6.40. The first-order chi connectivity index (χ1) is 10.3. The average molecular weight is 303 g/mol. The Kier molecular flexibility index (Phi) is 4.51. The van der Waals surface area contributed by atoms with Crippen LogP contribution in [0.25, 0.3) is 0 Å². The summed E-state index contributed by atoms with van der Waals surface area (Å²) in [6, 6.07) is 10.0. The summed E-state index contributed by atoms with van der Waals surface area (Å²) in [4.78, 5) is 9.27. The summed E-state index contributed by atoms with van der Waals surface area (Å²) in [5, 5.41) is 0.592. The molecule has 0 saturated heterocycles. The van der Waals surface area contributed by atoms with Gasteiger partial charge in [-0.1, -0.05) is 48.4 Å². The van der Waals surface area contributed by atoms with Gasteiger partial charge in [0.05, 0.1) is 0 Å². The predicted molar refractivity (Wildman–Crippen MR) is 83.6 cm³/mol. The number of methoxy groups -OCH3 is 1. The molecule has 1 aliphatic rings. The molecule has 110 valence electrons. The van der Waals surface area contributed by atoms with Crippen molar-refractivity contribution in [3.05, 3.63) is 58.1 Å². The minimum atomic E-state index is -0.266. The summed E-state index contributed by atoms with van der Waals surface area (Å²) in [5.74, 6) is 0.661. The highest BCUT2D eigenvalue weighted by Crippen LogP contribution is 2.29. The Hall–Kier alpha value is -1.45. The van der Waals surface area contributed by atoms with Crippen LogP contribution in [0.1, 0.15) is 48.0 Å². The third-order valence-electron chi connectivity index (χ3n) is 3.97. The van der Waals surface area contributed by atoms with Crippen molar-refractivity contribution in [2.24, 2.45) is 0 Å². The Balaban J connectivity index is 2.02. The standard InChI is InChI=1S/C17H19ClN2O/c1-21-15(12-8-4-2-5-9-12)17-19-14-11-7-3-6-10-13(14)16(18)20-17/h2,4-5,8-9,15H,3,6-7,10-11H2,1H3. The Morgan fingerprint density at radius 2 is 1.81 bits per heavy atom. The minimum absolute atomic E-state index is 0.266. The van der Waals surface area contributed by atoms with E-state index in [1.54, 1.807) is 7.11 Å². The summed E-state index contributed by atoms with van der Waals surface area (Å²) in [6.07, 6.45) is 5.27. The Morgan fingerprint density at radius 1 is 1.05 bits per heavy atom. The first-order valence-corrected chi connectivity index (χ1v) is 7.80. The third-order valence-corrected chi connectivity index (χ3v) is 4.29. The third kappa shape index (κ3) is 3.09. The van der Waals surface area contributed by atoms with E-state index < -0.39 is 0 Å². The number of fused-ring (bicyclic) bond motifs is 1. The molecule has 0 amide bonds. The lowest BCUT2D eigenvalue weighted by molar-refractivity contribution is 0.128. The van der Waals surface area contributed by atoms with E-state index in [4.69, 9.17) is 21.3 Å². The Bertz CT molecular complexity index is 616. The second kappa shape index (κ2) is 6.54. The molecule has 1 aromatic carbocycles. The highest BCUT2D eigenvalue weighted by molar-refractivity contribution is 6.30. The van der Waals surface area contributed by atoms with E-state index in [0.29, 0.717) is 11.0 Å². The van der Waals surface area contributed by atoms with Crippen molar-refractivity contribution in [2.45, 2.75) is 38.2 Å². The van der Waals surface area contributed by atoms with E-state index >= 15 is 0 Å². The van der Waals surface area contributed by atoms with Crippen LogP contribution in [0.4, 0.5) is 0 Å². The summed E-state index contributed by atoms with van der Waals surface area (Å²) < 4.78 is 5.62. The smallest absolute Gasteiger partial charge is 0.163 e. The first-order valence-electron chi connectivity index (χ1n) is 7.42. The maximum absolute atomic E-state index is 6.40. The second-order valence-corrected chi connectivity index (χ2v) is 5.74. The van der Waals surface area contributed by atoms with Gasteiger partial charge in [0.15, 0.2) is 5.82 Å². The largest absolute Gasteiger partial charge is 0.369 e. The molecule has 2 aromatic rings. The fraction of sp³-hybridized carbons (Fsp3) is 0.412. The van der Waals surface area contributed by atoms with E-state index in [2.05, 4.69) is 4.98 Å². The zero-order valence-electron chi connectivity index (χ0n) is 12.2. The quantitative estimate of drug-likeness (QED) is 0.631. The molecule has 0 N–H and O–H groups in total. The van der Waals surface area contributed by atoms with Crippen LogP contribution in [0, 0.1) is 0 Å². The van der Waals surface area contributed by atoms with E-state index in [-0.39, 0.29) is 6.10 Å². The normalized spacial score (nSPS) is 16.1. The lowest BCUT2D eigenvalue weighted by Crippen LogP contribution is -2.12. The van der Waals surface area contributed by atoms with Crippen molar-refractivity contribution in [2.75, 3.05) is 7.11 Å². The molecule has 1 aliphatic carbocycles. The number of aryl methyl sites for hydroxylation is 1. The zero-order valence-corrected chi connectivity index (χ0v) is 12.9. The van der Waals surface area contributed by atoms with Crippen molar-refractivity contribution in [3.63, 3.8) is 0 Å². The van der Waals surface area contributed by atoms with Crippen molar-refractivity contribution in [1.82, 2.24) is 9.97 Å². The molecule has 0 aliphatic heterocycles. The number of benzene rings is 1. The molecular formula is C17H19ClN2O. The van der Waals surface area contributed by atoms with Gasteiger partial charge in [-0.2, -0.15) is 0 Å². The minimum Gasteiger partial charge on any atom is -0.369 e. The molecule has 1 aromatic heterocycles. The van der Waals surface area contributed by atoms with Crippen LogP contribution in [-0.4, -0.2) is 17.1 Å². The number of hydrogen-bond acceptors (Lipinski definition) is 3. The molecule has 21 heavy (non-hydrogen) atoms. The van der Waals surface area contributed by atoms with E-state index in [0.717, 1.165) is 29.7 Å². The van der Waals surface area contributed by atoms with Crippen LogP contribution in [0.2, 0.25) is 5.15 Å². The molecule has 1 unspecified atom stereocenters. The van der Waals surface area contributed by atoms with Gasteiger partial charge in [-0.05, 0) is 31.2 Å². The molecule has 1 heterocycles. The van der Waals surface area contributed by atoms with Gasteiger partial charge in [-0.25, -0.2) is 9.97 Å². The molecule has 0 saturated carbocycles. The Labute approximate surface area is 130 Å². The predicted octanol–water partition coefficient (Wildman–Crippen LogP) is 4.13. The van der Waals surface area contributed by atoms with Gasteiger partial charge in [0.25, 0.3) is 0 Å². The van der Waals surface area contributed by atoms with Gasteiger partial charge in [0.2, 0.25) is 0 Å². The topological polar surface area (TPSA) is 35.0 Å². The molecule has 0 spiro atoms. The SMILES string of the molecule is COC(c1ccccc1)c1nc(Cl)c2c(n1)CCCCC2. The summed E-state index contributed by atoms with van der Waals surface area (Å²) in [7, 11) is 1.68. The number of rotatable bonds is 3. The van der Waals surface area contributed by atoms with Crippen molar-refractivity contribution in [1.29, 1.82) is 0 Å². The second-order valence-electron chi connectivity index (χ2n) is 5.38. The van der Waals surface area contributed by atoms with Gasteiger partial charge >= 0.3 is 0 Å². The molecule has 3 nitrogen and oxygen atoms in total. The molecule has 1 atom stereocenters. The zero-order chi connectivity index (χ0) is 14.7. The maximum atomic E-state index is 6.40. The molecule has 0 radical (unpaired) electrons. The van der Waals surface area contributed by atoms with Gasteiger partial charge in [-0.3, -0.25) is 0 Å². The Morgan fingerprint density at radius 3 is 2.57 bits per heavy atom. The number of halogens is 1. The lowest BCUT2D eigenvalue weighted by atomic mass is 10.1. The number of aromatic nitrogens is 2. The van der Waals surface area contributed by atoms with Gasteiger partial charge < -0.3 is 4.74 Å². The van der Waals surface area contributed by atoms with Crippen LogP contribution >= 0.6 is 11.6 Å². The van der Waals surface area contributed by atoms with Crippen molar-refractivity contribution < 1.29 is 4.74 Å². The van der Waals surface area contributed by atoms with E-state index in [1.165, 1.54) is 19.3 Å². The molecule has 4 heteroatoms. The number of hydrogen-bond donors (Lipinski definition) is 0. The first kappa shape index (κ1) is 14.5. The van der Waals surface area contributed by atoms with E-state index in [1.807, 2.05) is 30.3 Å². The summed E-state index contributed by atoms with van der Waals surface area (Å²) in [5.41, 5.74) is 3.27. The molecule has 0 fully saturated rings. The van der Waals surface area contributed by atoms with Gasteiger partial charge in [-0.15, -0.1) is 0 Å². The van der Waals surface area contributed by atoms with Crippen LogP contribution in [0.15, 0.2) is 30.3 Å². The molecular weight excluding hydrogens is 284 g/mol. The van der Waals surface area contributed by atoms with Crippen molar-refractivity contribution >= 4 is 11.6 Å². The van der Waals surface area contributed by atoms with Gasteiger partial charge in [0, 0.05) is 18.4 Å². The van der Waals surface area contributed by atoms with Crippen LogP contribution in [0.3, 0.4) is 0 Å². The van der Waals surface area contributed by atoms with Crippen LogP contribution < -0.4 is 0 Å². The van der Waals surface area contributed by atoms with Crippen LogP contribution in [-0.2, 0) is 17.6 Å². The maximum Gasteiger partial charge on any atom is 0.163 e. The van der Waals surface area contributed by atoms with Gasteiger partial charge in [0.1, 0.15) is 11.3 Å². The lowest BCUT2D eigenvalue weighted by Gasteiger charge is -2.17. The fourth-order valence-corrected chi connectivity index (χ4v) is 3.17. The highest BCUT2D eigenvalue weighted by Gasteiger charge is 2.21. The summed E-state index contributed by atoms with van der Waals surface area (Å²) in [6.45, 7) is 0. The molecule has 3 rings (SSSR count). The average Bonchev–Trinajstić information content (AvgIpc) is 2.75. The van der Waals surface area contributed by atoms with E-state index in [9.17, 15) is 0 Å². The van der Waals surface area contributed by atoms with Crippen molar-refractivity contribution in [3.8, 4) is 0 Å². The number of ether oxygens (including phenoxy) is 1. The van der Waals surface area contributed by atoms with Crippen LogP contribution in [0.5, 0.6) is 0 Å². The highest BCUT2D eigenvalue weighted by atomic mass is 35.5. The molecule has 0 bridgehead atoms.